The number of carbonyl (C=O) groups excluding carboxylic acids is 2. The number of aromatic amines is 1. The molecule has 0 radical (unpaired) electrons. The predicted octanol–water partition coefficient (Wildman–Crippen LogP) is 2.62. The van der Waals surface area contributed by atoms with Crippen LogP contribution < -0.4 is 10.6 Å². The van der Waals surface area contributed by atoms with E-state index in [0.29, 0.717) is 10.7 Å². The Hall–Kier alpha value is -2.67. The van der Waals surface area contributed by atoms with E-state index in [1.54, 1.807) is 19.1 Å². The van der Waals surface area contributed by atoms with Gasteiger partial charge in [0.15, 0.2) is 0 Å². The fourth-order valence-corrected chi connectivity index (χ4v) is 2.95. The Morgan fingerprint density at radius 2 is 1.92 bits per heavy atom. The van der Waals surface area contributed by atoms with Crippen molar-refractivity contribution in [2.45, 2.75) is 25.9 Å². The van der Waals surface area contributed by atoms with E-state index in [1.807, 2.05) is 36.6 Å². The van der Waals surface area contributed by atoms with E-state index in [-0.39, 0.29) is 17.9 Å². The molecule has 3 rings (SSSR count). The number of aromatic nitrogens is 2. The van der Waals surface area contributed by atoms with Crippen LogP contribution in [0.4, 0.5) is 0 Å². The minimum atomic E-state index is -0.633. The molecule has 0 bridgehead atoms. The molecule has 3 aromatic rings. The molecule has 3 N–H and O–H groups in total. The van der Waals surface area contributed by atoms with E-state index in [4.69, 9.17) is 0 Å². The third-order valence-corrected chi connectivity index (χ3v) is 4.53. The number of hydrogen-bond donors (Lipinski definition) is 3. The van der Waals surface area contributed by atoms with Crippen LogP contribution in [0, 0.1) is 0 Å². The van der Waals surface area contributed by atoms with Gasteiger partial charge in [-0.05, 0) is 37.4 Å². The number of nitrogens with one attached hydrogen (secondary N) is 3. The molecule has 1 aromatic carbocycles. The fraction of sp³-hybridized carbons (Fsp3) is 0.235. The number of imidazole rings is 1. The molecule has 7 heteroatoms. The number of hydrogen-bond acceptors (Lipinski definition) is 4. The number of nitrogens with zero attached hydrogens (tertiary/aromatic N) is 1. The van der Waals surface area contributed by atoms with Gasteiger partial charge in [0, 0.05) is 0 Å². The third kappa shape index (κ3) is 3.46. The zero-order valence-electron chi connectivity index (χ0n) is 13.4. The molecule has 2 atom stereocenters. The number of para-hydroxylation sites is 2. The van der Waals surface area contributed by atoms with Gasteiger partial charge in [-0.3, -0.25) is 9.59 Å². The van der Waals surface area contributed by atoms with Crippen LogP contribution in [0.1, 0.15) is 35.4 Å². The van der Waals surface area contributed by atoms with Crippen molar-refractivity contribution in [3.63, 3.8) is 0 Å². The topological polar surface area (TPSA) is 86.9 Å². The van der Waals surface area contributed by atoms with Crippen molar-refractivity contribution < 1.29 is 9.59 Å². The van der Waals surface area contributed by atoms with Gasteiger partial charge in [0.1, 0.15) is 11.9 Å². The van der Waals surface area contributed by atoms with Gasteiger partial charge in [-0.2, -0.15) is 0 Å². The lowest BCUT2D eigenvalue weighted by molar-refractivity contribution is -0.123. The van der Waals surface area contributed by atoms with Crippen molar-refractivity contribution in [2.75, 3.05) is 0 Å². The molecular weight excluding hydrogens is 324 g/mol. The van der Waals surface area contributed by atoms with Crippen molar-refractivity contribution in [3.8, 4) is 0 Å². The first-order valence-corrected chi connectivity index (χ1v) is 8.52. The SMILES string of the molecule is C[C@H](NC(=O)[C@@H](C)NC(=O)c1cccs1)c1nc2ccccc2[nH]1. The summed E-state index contributed by atoms with van der Waals surface area (Å²) in [7, 11) is 0. The average Bonchev–Trinajstić information content (AvgIpc) is 3.23. The molecule has 0 aliphatic heterocycles. The van der Waals surface area contributed by atoms with E-state index in [9.17, 15) is 9.59 Å². The van der Waals surface area contributed by atoms with Crippen LogP contribution >= 0.6 is 11.3 Å². The minimum Gasteiger partial charge on any atom is -0.345 e. The van der Waals surface area contributed by atoms with Gasteiger partial charge in [0.25, 0.3) is 5.91 Å². The van der Waals surface area contributed by atoms with Gasteiger partial charge in [-0.1, -0.05) is 18.2 Å². The van der Waals surface area contributed by atoms with E-state index >= 15 is 0 Å². The second kappa shape index (κ2) is 6.84. The molecule has 2 aromatic heterocycles. The maximum Gasteiger partial charge on any atom is 0.261 e. The maximum absolute atomic E-state index is 12.3. The normalized spacial score (nSPS) is 13.4. The van der Waals surface area contributed by atoms with Gasteiger partial charge in [-0.25, -0.2) is 4.98 Å². The summed E-state index contributed by atoms with van der Waals surface area (Å²) in [5, 5.41) is 7.38. The van der Waals surface area contributed by atoms with Crippen LogP contribution in [-0.2, 0) is 4.79 Å². The highest BCUT2D eigenvalue weighted by Gasteiger charge is 2.20. The molecule has 0 fully saturated rings. The Morgan fingerprint density at radius 3 is 2.62 bits per heavy atom. The minimum absolute atomic E-state index is 0.246. The van der Waals surface area contributed by atoms with E-state index in [2.05, 4.69) is 20.6 Å². The summed E-state index contributed by atoms with van der Waals surface area (Å²) in [6.45, 7) is 3.51. The Kier molecular flexibility index (Phi) is 4.61. The first-order valence-electron chi connectivity index (χ1n) is 7.64. The van der Waals surface area contributed by atoms with Crippen molar-refractivity contribution in [3.05, 3.63) is 52.5 Å². The van der Waals surface area contributed by atoms with Gasteiger partial charge in [-0.15, -0.1) is 11.3 Å². The molecular formula is C17H18N4O2S. The monoisotopic (exact) mass is 342 g/mol. The molecule has 0 saturated carbocycles. The Labute approximate surface area is 143 Å². The highest BCUT2D eigenvalue weighted by molar-refractivity contribution is 7.12. The first-order chi connectivity index (χ1) is 11.5. The van der Waals surface area contributed by atoms with Gasteiger partial charge >= 0.3 is 0 Å². The number of fused-ring (bicyclic) bond motifs is 1. The molecule has 2 amide bonds. The Bertz CT molecular complexity index is 823. The lowest BCUT2D eigenvalue weighted by atomic mass is 10.2. The Balaban J connectivity index is 1.61. The molecule has 2 heterocycles. The predicted molar refractivity (Wildman–Crippen MR) is 93.9 cm³/mol. The molecule has 24 heavy (non-hydrogen) atoms. The second-order valence-corrected chi connectivity index (χ2v) is 6.49. The summed E-state index contributed by atoms with van der Waals surface area (Å²) < 4.78 is 0. The molecule has 0 spiro atoms. The number of rotatable bonds is 5. The molecule has 6 nitrogen and oxygen atoms in total. The van der Waals surface area contributed by atoms with Crippen LogP contribution in [-0.4, -0.2) is 27.8 Å². The zero-order chi connectivity index (χ0) is 17.1. The standard InChI is InChI=1S/C17H18N4O2S/c1-10(15-20-12-6-3-4-7-13(12)21-15)18-16(22)11(2)19-17(23)14-8-5-9-24-14/h3-11H,1-2H3,(H,18,22)(H,19,23)(H,20,21)/t10-,11+/m0/s1. The smallest absolute Gasteiger partial charge is 0.261 e. The maximum atomic E-state index is 12.3. The van der Waals surface area contributed by atoms with Crippen molar-refractivity contribution in [1.29, 1.82) is 0 Å². The molecule has 0 unspecified atom stereocenters. The number of thiophene rings is 1. The summed E-state index contributed by atoms with van der Waals surface area (Å²) >= 11 is 1.34. The number of benzene rings is 1. The van der Waals surface area contributed by atoms with E-state index in [1.165, 1.54) is 11.3 Å². The van der Waals surface area contributed by atoms with Crippen LogP contribution in [0.3, 0.4) is 0 Å². The molecule has 0 aliphatic rings. The van der Waals surface area contributed by atoms with Crippen LogP contribution in [0.2, 0.25) is 0 Å². The summed E-state index contributed by atoms with van der Waals surface area (Å²) in [4.78, 5) is 32.5. The molecule has 0 saturated heterocycles. The second-order valence-electron chi connectivity index (χ2n) is 5.54. The van der Waals surface area contributed by atoms with Gasteiger partial charge in [0.05, 0.1) is 22.0 Å². The zero-order valence-corrected chi connectivity index (χ0v) is 14.2. The summed E-state index contributed by atoms with van der Waals surface area (Å²) in [5.74, 6) is 0.179. The van der Waals surface area contributed by atoms with E-state index in [0.717, 1.165) is 11.0 Å². The summed E-state index contributed by atoms with van der Waals surface area (Å²) in [5.41, 5.74) is 1.78. The van der Waals surface area contributed by atoms with Crippen molar-refractivity contribution >= 4 is 34.2 Å². The number of amides is 2. The van der Waals surface area contributed by atoms with Crippen LogP contribution in [0.5, 0.6) is 0 Å². The lowest BCUT2D eigenvalue weighted by Gasteiger charge is -2.17. The number of H-pyrrole nitrogens is 1. The fourth-order valence-electron chi connectivity index (χ4n) is 2.33. The Morgan fingerprint density at radius 1 is 1.12 bits per heavy atom. The highest BCUT2D eigenvalue weighted by atomic mass is 32.1. The number of carbonyl (C=O) groups is 2. The lowest BCUT2D eigenvalue weighted by Crippen LogP contribution is -2.45. The average molecular weight is 342 g/mol. The van der Waals surface area contributed by atoms with E-state index < -0.39 is 6.04 Å². The van der Waals surface area contributed by atoms with Gasteiger partial charge < -0.3 is 15.6 Å². The molecule has 124 valence electrons. The quantitative estimate of drug-likeness (QED) is 0.666. The van der Waals surface area contributed by atoms with Gasteiger partial charge in [0.2, 0.25) is 5.91 Å². The highest BCUT2D eigenvalue weighted by Crippen LogP contribution is 2.15. The summed E-state index contributed by atoms with van der Waals surface area (Å²) in [6, 6.07) is 10.3. The molecule has 0 aliphatic carbocycles. The first kappa shape index (κ1) is 16.2. The van der Waals surface area contributed by atoms with Crippen LogP contribution in [0.25, 0.3) is 11.0 Å². The van der Waals surface area contributed by atoms with Crippen molar-refractivity contribution in [1.82, 2.24) is 20.6 Å². The summed E-state index contributed by atoms with van der Waals surface area (Å²) in [6.07, 6.45) is 0. The van der Waals surface area contributed by atoms with Crippen molar-refractivity contribution in [2.24, 2.45) is 0 Å². The third-order valence-electron chi connectivity index (χ3n) is 3.66. The van der Waals surface area contributed by atoms with Crippen LogP contribution in [0.15, 0.2) is 41.8 Å². The largest absolute Gasteiger partial charge is 0.345 e.